The van der Waals surface area contributed by atoms with Crippen molar-refractivity contribution in [2.75, 3.05) is 25.9 Å². The van der Waals surface area contributed by atoms with Crippen LogP contribution in [0.5, 0.6) is 0 Å². The summed E-state index contributed by atoms with van der Waals surface area (Å²) in [6.07, 6.45) is 3.11. The third-order valence-electron chi connectivity index (χ3n) is 4.88. The van der Waals surface area contributed by atoms with Crippen molar-refractivity contribution >= 4 is 17.7 Å². The minimum absolute atomic E-state index is 0.0264. The van der Waals surface area contributed by atoms with Crippen LogP contribution in [0, 0.1) is 5.92 Å². The minimum atomic E-state index is -4.46. The number of alkyl halides is 3. The van der Waals surface area contributed by atoms with Gasteiger partial charge in [0.25, 0.3) is 5.91 Å². The van der Waals surface area contributed by atoms with E-state index < -0.39 is 17.6 Å². The topological polar surface area (TPSA) is 58.1 Å². The number of piperidine rings is 1. The molecule has 1 aromatic carbocycles. The van der Waals surface area contributed by atoms with Crippen molar-refractivity contribution in [1.82, 2.24) is 20.2 Å². The zero-order valence-corrected chi connectivity index (χ0v) is 16.9. The van der Waals surface area contributed by atoms with Crippen molar-refractivity contribution in [2.24, 2.45) is 5.92 Å². The van der Waals surface area contributed by atoms with Crippen LogP contribution in [0.4, 0.5) is 13.2 Å². The van der Waals surface area contributed by atoms with Gasteiger partial charge in [0.2, 0.25) is 0 Å². The summed E-state index contributed by atoms with van der Waals surface area (Å²) >= 11 is 1.50. The summed E-state index contributed by atoms with van der Waals surface area (Å²) in [5, 5.41) is 3.52. The molecule has 1 aliphatic heterocycles. The third-order valence-corrected chi connectivity index (χ3v) is 5.45. The standard InChI is InChI=1S/C20H23F3N4OS/c1-29-19-25-10-15(11-26-19)13-27-7-3-4-14(12-27)9-24-18(28)16-5-2-6-17(8-16)20(21,22)23/h2,5-6,8,10-11,14H,3-4,7,9,12-13H2,1H3,(H,24,28)/t14-/m0/s1. The first-order valence-electron chi connectivity index (χ1n) is 9.38. The highest BCUT2D eigenvalue weighted by molar-refractivity contribution is 7.98. The van der Waals surface area contributed by atoms with Crippen LogP contribution >= 0.6 is 11.8 Å². The first kappa shape index (κ1) is 21.6. The average Bonchev–Trinajstić information content (AvgIpc) is 2.72. The maximum atomic E-state index is 12.8. The smallest absolute Gasteiger partial charge is 0.352 e. The van der Waals surface area contributed by atoms with E-state index in [2.05, 4.69) is 20.2 Å². The number of nitrogens with one attached hydrogen (secondary N) is 1. The molecule has 0 spiro atoms. The Kier molecular flexibility index (Phi) is 7.13. The monoisotopic (exact) mass is 424 g/mol. The number of carbonyl (C=O) groups is 1. The van der Waals surface area contributed by atoms with Gasteiger partial charge in [0, 0.05) is 43.2 Å². The molecule has 0 radical (unpaired) electrons. The van der Waals surface area contributed by atoms with Gasteiger partial charge >= 0.3 is 6.18 Å². The summed E-state index contributed by atoms with van der Waals surface area (Å²) in [5.74, 6) is -0.223. The number of aromatic nitrogens is 2. The van der Waals surface area contributed by atoms with Crippen LogP contribution in [0.3, 0.4) is 0 Å². The quantitative estimate of drug-likeness (QED) is 0.564. The van der Waals surface area contributed by atoms with E-state index in [1.165, 1.54) is 23.9 Å². The highest BCUT2D eigenvalue weighted by Gasteiger charge is 2.31. The van der Waals surface area contributed by atoms with Crippen molar-refractivity contribution < 1.29 is 18.0 Å². The fourth-order valence-corrected chi connectivity index (χ4v) is 3.74. The Morgan fingerprint density at radius 3 is 2.76 bits per heavy atom. The van der Waals surface area contributed by atoms with Crippen molar-refractivity contribution in [3.05, 3.63) is 53.3 Å². The molecular formula is C20H23F3N4OS. The van der Waals surface area contributed by atoms with E-state index in [-0.39, 0.29) is 11.5 Å². The predicted octanol–water partition coefficient (Wildman–Crippen LogP) is 3.86. The Hall–Kier alpha value is -2.13. The fourth-order valence-electron chi connectivity index (χ4n) is 3.43. The molecule has 156 valence electrons. The first-order chi connectivity index (χ1) is 13.8. The fraction of sp³-hybridized carbons (Fsp3) is 0.450. The molecule has 2 heterocycles. The van der Waals surface area contributed by atoms with Crippen molar-refractivity contribution in [3.8, 4) is 0 Å². The molecule has 1 saturated heterocycles. The lowest BCUT2D eigenvalue weighted by Crippen LogP contribution is -2.40. The maximum Gasteiger partial charge on any atom is 0.416 e. The average molecular weight is 424 g/mol. The van der Waals surface area contributed by atoms with Crippen molar-refractivity contribution in [3.63, 3.8) is 0 Å². The number of carbonyl (C=O) groups excluding carboxylic acids is 1. The van der Waals surface area contributed by atoms with Crippen LogP contribution in [0.25, 0.3) is 0 Å². The molecule has 0 saturated carbocycles. The van der Waals surface area contributed by atoms with Crippen LogP contribution in [-0.4, -0.2) is 46.7 Å². The number of halogens is 3. The zero-order valence-electron chi connectivity index (χ0n) is 16.1. The number of benzene rings is 1. The summed E-state index contributed by atoms with van der Waals surface area (Å²) in [5.41, 5.74) is 0.249. The van der Waals surface area contributed by atoms with Gasteiger partial charge in [0.1, 0.15) is 0 Å². The number of hydrogen-bond acceptors (Lipinski definition) is 5. The molecule has 0 aliphatic carbocycles. The van der Waals surface area contributed by atoms with E-state index in [9.17, 15) is 18.0 Å². The molecule has 1 fully saturated rings. The number of thioether (sulfide) groups is 1. The van der Waals surface area contributed by atoms with Gasteiger partial charge in [-0.05, 0) is 49.8 Å². The molecule has 0 unspecified atom stereocenters. The molecule has 1 aromatic heterocycles. The van der Waals surface area contributed by atoms with Crippen LogP contribution < -0.4 is 5.32 Å². The molecular weight excluding hydrogens is 401 g/mol. The molecule has 0 bridgehead atoms. The van der Waals surface area contributed by atoms with E-state index in [1.807, 2.05) is 18.6 Å². The Morgan fingerprint density at radius 2 is 2.07 bits per heavy atom. The summed E-state index contributed by atoms with van der Waals surface area (Å²) in [6.45, 7) is 2.95. The van der Waals surface area contributed by atoms with E-state index in [0.29, 0.717) is 6.54 Å². The lowest BCUT2D eigenvalue weighted by Gasteiger charge is -2.32. The van der Waals surface area contributed by atoms with Crippen molar-refractivity contribution in [1.29, 1.82) is 0 Å². The van der Waals surface area contributed by atoms with Gasteiger partial charge in [-0.2, -0.15) is 13.2 Å². The van der Waals surface area contributed by atoms with Crippen LogP contribution in [-0.2, 0) is 12.7 Å². The zero-order chi connectivity index (χ0) is 20.9. The summed E-state index contributed by atoms with van der Waals surface area (Å²) < 4.78 is 38.5. The SMILES string of the molecule is CSc1ncc(CN2CCC[C@@H](CNC(=O)c3cccc(C(F)(F)F)c3)C2)cn1. The molecule has 29 heavy (non-hydrogen) atoms. The second kappa shape index (κ2) is 9.58. The molecule has 1 amide bonds. The third kappa shape index (κ3) is 6.17. The molecule has 9 heteroatoms. The lowest BCUT2D eigenvalue weighted by molar-refractivity contribution is -0.137. The number of rotatable bonds is 6. The van der Waals surface area contributed by atoms with Gasteiger partial charge in [0.15, 0.2) is 5.16 Å². The minimum Gasteiger partial charge on any atom is -0.352 e. The summed E-state index contributed by atoms with van der Waals surface area (Å²) in [6, 6.07) is 4.51. The Labute approximate surface area is 172 Å². The molecule has 1 aliphatic rings. The van der Waals surface area contributed by atoms with E-state index >= 15 is 0 Å². The molecule has 5 nitrogen and oxygen atoms in total. The van der Waals surface area contributed by atoms with Gasteiger partial charge in [-0.3, -0.25) is 9.69 Å². The van der Waals surface area contributed by atoms with E-state index in [1.54, 1.807) is 0 Å². The first-order valence-corrected chi connectivity index (χ1v) is 10.6. The summed E-state index contributed by atoms with van der Waals surface area (Å²) in [4.78, 5) is 23.2. The number of amides is 1. The second-order valence-electron chi connectivity index (χ2n) is 7.11. The van der Waals surface area contributed by atoms with Gasteiger partial charge in [-0.25, -0.2) is 9.97 Å². The van der Waals surface area contributed by atoms with Gasteiger partial charge in [-0.15, -0.1) is 0 Å². The predicted molar refractivity (Wildman–Crippen MR) is 106 cm³/mol. The van der Waals surface area contributed by atoms with Gasteiger partial charge in [0.05, 0.1) is 5.56 Å². The van der Waals surface area contributed by atoms with Gasteiger partial charge < -0.3 is 5.32 Å². The van der Waals surface area contributed by atoms with Crippen LogP contribution in [0.1, 0.15) is 34.3 Å². The molecule has 3 rings (SSSR count). The Morgan fingerprint density at radius 1 is 1.31 bits per heavy atom. The molecule has 1 atom stereocenters. The number of nitrogens with zero attached hydrogens (tertiary/aromatic N) is 3. The summed E-state index contributed by atoms with van der Waals surface area (Å²) in [7, 11) is 0. The van der Waals surface area contributed by atoms with Crippen LogP contribution in [0.15, 0.2) is 41.8 Å². The highest BCUT2D eigenvalue weighted by Crippen LogP contribution is 2.29. The van der Waals surface area contributed by atoms with Gasteiger partial charge in [-0.1, -0.05) is 17.8 Å². The molecule has 2 aromatic rings. The van der Waals surface area contributed by atoms with E-state index in [4.69, 9.17) is 0 Å². The highest BCUT2D eigenvalue weighted by atomic mass is 32.2. The van der Waals surface area contributed by atoms with Crippen molar-refractivity contribution in [2.45, 2.75) is 30.7 Å². The van der Waals surface area contributed by atoms with Crippen LogP contribution in [0.2, 0.25) is 0 Å². The van der Waals surface area contributed by atoms with E-state index in [0.717, 1.165) is 55.3 Å². The number of hydrogen-bond donors (Lipinski definition) is 1. The lowest BCUT2D eigenvalue weighted by atomic mass is 9.97. The number of likely N-dealkylation sites (tertiary alicyclic amines) is 1. The second-order valence-corrected chi connectivity index (χ2v) is 7.88. The molecule has 1 N–H and O–H groups in total. The largest absolute Gasteiger partial charge is 0.416 e. The normalized spacial score (nSPS) is 17.9. The Balaban J connectivity index is 1.52. The Bertz CT molecular complexity index is 829. The maximum absolute atomic E-state index is 12.8.